The minimum atomic E-state index is -3.79. The molecule has 0 aromatic rings. The first kappa shape index (κ1) is 29.2. The Morgan fingerprint density at radius 1 is 1.09 bits per heavy atom. The molecule has 6 nitrogen and oxygen atoms in total. The number of carboxylic acid groups (broad SMARTS) is 2. The van der Waals surface area contributed by atoms with E-state index in [2.05, 4.69) is 0 Å². The van der Waals surface area contributed by atoms with E-state index in [1.807, 2.05) is 0 Å². The van der Waals surface area contributed by atoms with E-state index in [0.717, 1.165) is 0 Å². The van der Waals surface area contributed by atoms with Crippen molar-refractivity contribution in [3.05, 3.63) is 0 Å². The van der Waals surface area contributed by atoms with E-state index in [0.29, 0.717) is 0 Å². The fourth-order valence-electron chi connectivity index (χ4n) is 0. The van der Waals surface area contributed by atoms with Gasteiger partial charge in [-0.15, -0.1) is 0 Å². The van der Waals surface area contributed by atoms with Crippen molar-refractivity contribution in [2.24, 2.45) is 0 Å². The number of carbonyl (C=O) groups excluding carboxylic acids is 1. The van der Waals surface area contributed by atoms with Gasteiger partial charge in [-0.3, -0.25) is 0 Å². The molecule has 0 amide bonds. The van der Waals surface area contributed by atoms with Crippen LogP contribution in [0.1, 0.15) is 0 Å². The van der Waals surface area contributed by atoms with Crippen molar-refractivity contribution in [2.45, 2.75) is 0 Å². The Balaban J connectivity index is -0.0000000171. The van der Waals surface area contributed by atoms with Gasteiger partial charge < -0.3 is 15.0 Å². The fraction of sp³-hybridized carbons (Fsp3) is 0. The second-order valence-corrected chi connectivity index (χ2v) is 1.31. The molecule has 10 heteroatoms. The summed E-state index contributed by atoms with van der Waals surface area (Å²) in [6.45, 7) is 0. The third-order valence-electron chi connectivity index (χ3n) is 0. The fourth-order valence-corrected chi connectivity index (χ4v) is 0. The van der Waals surface area contributed by atoms with Crippen LogP contribution in [-0.2, 0) is 20.6 Å². The standard InChI is InChI=1S/CH2O3.Co.2Na.H2O3Se/c2-1(3)4;;;;1-4(2)3/h(H2,2,3,4);;;;(H2,1,2,3)/q;+2;2*+1;/p-4. The predicted octanol–water partition coefficient (Wildman–Crippen LogP) is -11.3. The van der Waals surface area contributed by atoms with Gasteiger partial charge in [0.2, 0.25) is 0 Å². The molecule has 0 N–H and O–H groups in total. The molecule has 0 saturated carbocycles. The van der Waals surface area contributed by atoms with E-state index < -0.39 is 20.6 Å². The topological polar surface area (TPSA) is 126 Å². The Hall–Kier alpha value is 2.02. The molecule has 57 valence electrons. The van der Waals surface area contributed by atoms with E-state index in [1.54, 1.807) is 0 Å². The van der Waals surface area contributed by atoms with Crippen LogP contribution in [0.15, 0.2) is 0 Å². The number of carbonyl (C=O) groups is 1. The molecule has 0 aromatic heterocycles. The molecule has 0 aromatic carbocycles. The molecule has 0 aliphatic rings. The summed E-state index contributed by atoms with van der Waals surface area (Å²) in [5, 5.41) is 16.7. The normalized spacial score (nSPS) is 5.36. The van der Waals surface area contributed by atoms with Gasteiger partial charge in [-0.05, 0) is 6.16 Å². The molecule has 0 rings (SSSR count). The van der Waals surface area contributed by atoms with Crippen molar-refractivity contribution in [1.82, 2.24) is 0 Å². The smallest absolute Gasteiger partial charge is 1.00 e. The van der Waals surface area contributed by atoms with Crippen molar-refractivity contribution in [3.63, 3.8) is 0 Å². The Morgan fingerprint density at radius 2 is 1.09 bits per heavy atom. The maximum absolute atomic E-state index is 8.54. The van der Waals surface area contributed by atoms with E-state index in [-0.39, 0.29) is 75.9 Å². The first-order valence-corrected chi connectivity index (χ1v) is 3.21. The predicted molar refractivity (Wildman–Crippen MR) is 11.8 cm³/mol. The third kappa shape index (κ3) is 297. The average Bonchev–Trinajstić information content (AvgIpc) is 1.25. The summed E-state index contributed by atoms with van der Waals surface area (Å²) < 4.78 is 25.6. The SMILES string of the molecule is O=C([O-])[O-].O=[Se]([O-])[O-].[Co+2].[Na+].[Na+]. The minimum absolute atomic E-state index is 0. The molecule has 0 aliphatic carbocycles. The van der Waals surface area contributed by atoms with E-state index in [1.165, 1.54) is 0 Å². The molecule has 0 spiro atoms. The molecule has 0 aliphatic heterocycles. The molecule has 0 saturated heterocycles. The van der Waals surface area contributed by atoms with Crippen molar-refractivity contribution in [3.8, 4) is 0 Å². The van der Waals surface area contributed by atoms with Crippen LogP contribution in [0.2, 0.25) is 0 Å². The van der Waals surface area contributed by atoms with Gasteiger partial charge in [0, 0.05) is 0 Å². The molecule has 1 radical (unpaired) electrons. The molecule has 0 atom stereocenters. The van der Waals surface area contributed by atoms with Crippen molar-refractivity contribution in [2.75, 3.05) is 0 Å². The Kier molecular flexibility index (Phi) is 60.3. The maximum atomic E-state index is 8.54. The van der Waals surface area contributed by atoms with Crippen molar-refractivity contribution in [1.29, 1.82) is 0 Å². The summed E-state index contributed by atoms with van der Waals surface area (Å²) in [6.07, 6.45) is -2.33. The van der Waals surface area contributed by atoms with Crippen molar-refractivity contribution < 1.29 is 103 Å². The van der Waals surface area contributed by atoms with Crippen LogP contribution >= 0.6 is 0 Å². The van der Waals surface area contributed by atoms with Crippen LogP contribution in [0.4, 0.5) is 4.79 Å². The first-order chi connectivity index (χ1) is 3.46. The van der Waals surface area contributed by atoms with E-state index in [4.69, 9.17) is 27.2 Å². The summed E-state index contributed by atoms with van der Waals surface area (Å²) in [7, 11) is 0. The van der Waals surface area contributed by atoms with Crippen LogP contribution in [0, 0.1) is 0 Å². The molecular weight excluding hydrogens is 292 g/mol. The minimum Gasteiger partial charge on any atom is 1.00 e. The van der Waals surface area contributed by atoms with Crippen LogP contribution in [0.25, 0.3) is 0 Å². The number of hydrogen-bond acceptors (Lipinski definition) is 6. The zero-order valence-electron chi connectivity index (χ0n) is 5.69. The largest absolute Gasteiger partial charge is 2.00 e. The van der Waals surface area contributed by atoms with E-state index in [9.17, 15) is 0 Å². The van der Waals surface area contributed by atoms with Gasteiger partial charge in [-0.1, -0.05) is 0 Å². The van der Waals surface area contributed by atoms with Gasteiger partial charge in [-0.2, -0.15) is 0 Å². The molecular formula is CCoNa2O6Se. The first-order valence-electron chi connectivity index (χ1n) is 1.11. The van der Waals surface area contributed by atoms with Gasteiger partial charge in [0.25, 0.3) is 0 Å². The van der Waals surface area contributed by atoms with Crippen LogP contribution in [0.5, 0.6) is 0 Å². The van der Waals surface area contributed by atoms with Crippen LogP contribution in [-0.4, -0.2) is 20.6 Å². The maximum Gasteiger partial charge on any atom is 2.00 e. The summed E-state index contributed by atoms with van der Waals surface area (Å²) in [5.41, 5.74) is 0. The Labute approximate surface area is 122 Å². The van der Waals surface area contributed by atoms with Gasteiger partial charge in [0.15, 0.2) is 0 Å². The second kappa shape index (κ2) is 22.7. The van der Waals surface area contributed by atoms with Gasteiger partial charge in [-0.25, -0.2) is 0 Å². The molecule has 0 bridgehead atoms. The summed E-state index contributed by atoms with van der Waals surface area (Å²) in [5.74, 6) is 0. The summed E-state index contributed by atoms with van der Waals surface area (Å²) in [6, 6.07) is 0. The average molecular weight is 292 g/mol. The third-order valence-corrected chi connectivity index (χ3v) is 0. The molecule has 0 fully saturated rings. The van der Waals surface area contributed by atoms with E-state index >= 15 is 0 Å². The quantitative estimate of drug-likeness (QED) is 0.408. The Bertz CT molecular complexity index is 78.6. The zero-order valence-corrected chi connectivity index (χ0v) is 12.4. The van der Waals surface area contributed by atoms with Gasteiger partial charge in [0.05, 0.1) is 0 Å². The molecule has 0 unspecified atom stereocenters. The monoisotopic (exact) mass is 293 g/mol. The summed E-state index contributed by atoms with van der Waals surface area (Å²) in [4.78, 5) is 8.33. The molecule has 11 heavy (non-hydrogen) atoms. The Morgan fingerprint density at radius 3 is 1.09 bits per heavy atom. The van der Waals surface area contributed by atoms with Crippen LogP contribution < -0.4 is 77.7 Å². The summed E-state index contributed by atoms with van der Waals surface area (Å²) >= 11 is -3.79. The van der Waals surface area contributed by atoms with Gasteiger partial charge in [0.1, 0.15) is 0 Å². The number of rotatable bonds is 0. The molecule has 0 heterocycles. The van der Waals surface area contributed by atoms with Crippen molar-refractivity contribution >= 4 is 20.6 Å². The van der Waals surface area contributed by atoms with Crippen LogP contribution in [0.3, 0.4) is 0 Å². The second-order valence-electron chi connectivity index (χ2n) is 0.454. The zero-order chi connectivity index (χ0) is 7.15. The number of hydrogen-bond donors (Lipinski definition) is 0. The van der Waals surface area contributed by atoms with Gasteiger partial charge >= 0.3 is 103 Å².